The molecule has 0 aliphatic rings. The van der Waals surface area contributed by atoms with Crippen molar-refractivity contribution in [3.05, 3.63) is 0 Å². The minimum absolute atomic E-state index is 0.0519. The van der Waals surface area contributed by atoms with Gasteiger partial charge >= 0.3 is 0 Å². The Morgan fingerprint density at radius 2 is 2.00 bits per heavy atom. The van der Waals surface area contributed by atoms with Crippen molar-refractivity contribution in [1.82, 2.24) is 4.90 Å². The maximum atomic E-state index is 11.5. The summed E-state index contributed by atoms with van der Waals surface area (Å²) in [7, 11) is 1.84. The highest BCUT2D eigenvalue weighted by Gasteiger charge is 2.18. The third-order valence-electron chi connectivity index (χ3n) is 2.37. The fourth-order valence-corrected chi connectivity index (χ4v) is 0.940. The summed E-state index contributed by atoms with van der Waals surface area (Å²) in [6.45, 7) is 6.41. The van der Waals surface area contributed by atoms with Crippen molar-refractivity contribution in [3.8, 4) is 0 Å². The lowest BCUT2D eigenvalue weighted by atomic mass is 10.1. The van der Waals surface area contributed by atoms with Crippen LogP contribution >= 0.6 is 0 Å². The van der Waals surface area contributed by atoms with Crippen LogP contribution in [0.1, 0.15) is 27.2 Å². The number of nitrogens with two attached hydrogens (primary N) is 1. The Morgan fingerprint density at radius 1 is 1.50 bits per heavy atom. The van der Waals surface area contributed by atoms with Crippen molar-refractivity contribution < 1.29 is 4.79 Å². The summed E-state index contributed by atoms with van der Waals surface area (Å²) in [5.74, 6) is 0.0934. The van der Waals surface area contributed by atoms with Crippen LogP contribution in [-0.2, 0) is 4.79 Å². The molecule has 0 aromatic heterocycles. The van der Waals surface area contributed by atoms with Gasteiger partial charge in [-0.2, -0.15) is 0 Å². The Bertz CT molecular complexity index is 147. The first kappa shape index (κ1) is 11.4. The number of carbonyl (C=O) groups excluding carboxylic acids is 1. The zero-order chi connectivity index (χ0) is 9.72. The maximum absolute atomic E-state index is 11.5. The van der Waals surface area contributed by atoms with E-state index in [0.717, 1.165) is 6.42 Å². The summed E-state index contributed by atoms with van der Waals surface area (Å²) in [5.41, 5.74) is 5.40. The molecule has 0 spiro atoms. The Morgan fingerprint density at radius 3 is 2.33 bits per heavy atom. The van der Waals surface area contributed by atoms with Crippen molar-refractivity contribution in [2.24, 2.45) is 11.7 Å². The van der Waals surface area contributed by atoms with Crippen LogP contribution in [0, 0.1) is 5.92 Å². The van der Waals surface area contributed by atoms with Crippen LogP contribution in [0.2, 0.25) is 0 Å². The zero-order valence-electron chi connectivity index (χ0n) is 8.50. The van der Waals surface area contributed by atoms with E-state index in [-0.39, 0.29) is 11.8 Å². The summed E-state index contributed by atoms with van der Waals surface area (Å²) in [6.07, 6.45) is 0.986. The molecule has 72 valence electrons. The van der Waals surface area contributed by atoms with Gasteiger partial charge in [0, 0.05) is 25.6 Å². The van der Waals surface area contributed by atoms with E-state index in [1.807, 2.05) is 20.9 Å². The molecule has 0 rings (SSSR count). The number of nitrogens with zero attached hydrogens (tertiary/aromatic N) is 1. The number of amides is 1. The second-order valence-corrected chi connectivity index (χ2v) is 3.34. The van der Waals surface area contributed by atoms with Crippen LogP contribution in [0.5, 0.6) is 0 Å². The minimum Gasteiger partial charge on any atom is -0.343 e. The standard InChI is InChI=1S/C9H20N2O/c1-5-8(3)11(4)9(12)7(2)6-10/h7-8H,5-6,10H2,1-4H3. The molecule has 0 saturated heterocycles. The van der Waals surface area contributed by atoms with Crippen molar-refractivity contribution >= 4 is 5.91 Å². The van der Waals surface area contributed by atoms with Gasteiger partial charge in [0.2, 0.25) is 5.91 Å². The molecule has 3 nitrogen and oxygen atoms in total. The molecule has 1 amide bonds. The van der Waals surface area contributed by atoms with Gasteiger partial charge in [-0.05, 0) is 13.3 Å². The van der Waals surface area contributed by atoms with E-state index in [1.54, 1.807) is 4.90 Å². The molecule has 0 radical (unpaired) electrons. The zero-order valence-corrected chi connectivity index (χ0v) is 8.50. The van der Waals surface area contributed by atoms with E-state index >= 15 is 0 Å². The number of carbonyl (C=O) groups is 1. The smallest absolute Gasteiger partial charge is 0.226 e. The lowest BCUT2D eigenvalue weighted by molar-refractivity contribution is -0.135. The average molecular weight is 172 g/mol. The van der Waals surface area contributed by atoms with Gasteiger partial charge in [-0.1, -0.05) is 13.8 Å². The molecule has 0 bridgehead atoms. The Hall–Kier alpha value is -0.570. The Kier molecular flexibility index (Phi) is 4.90. The molecule has 3 heteroatoms. The largest absolute Gasteiger partial charge is 0.343 e. The monoisotopic (exact) mass is 172 g/mol. The molecule has 0 aromatic rings. The highest BCUT2D eigenvalue weighted by molar-refractivity contribution is 5.78. The minimum atomic E-state index is -0.0519. The van der Waals surface area contributed by atoms with Crippen molar-refractivity contribution in [3.63, 3.8) is 0 Å². The molecule has 2 unspecified atom stereocenters. The second-order valence-electron chi connectivity index (χ2n) is 3.34. The Labute approximate surface area is 74.9 Å². The first-order chi connectivity index (χ1) is 5.54. The second kappa shape index (κ2) is 5.14. The molecule has 0 heterocycles. The summed E-state index contributed by atoms with van der Waals surface area (Å²) in [5, 5.41) is 0. The molecule has 0 aliphatic carbocycles. The van der Waals surface area contributed by atoms with E-state index in [4.69, 9.17) is 5.73 Å². The summed E-state index contributed by atoms with van der Waals surface area (Å²) >= 11 is 0. The van der Waals surface area contributed by atoms with E-state index in [2.05, 4.69) is 6.92 Å². The summed E-state index contributed by atoms with van der Waals surface area (Å²) < 4.78 is 0. The number of hydrogen-bond acceptors (Lipinski definition) is 2. The topological polar surface area (TPSA) is 46.3 Å². The number of hydrogen-bond donors (Lipinski definition) is 1. The molecule has 0 aromatic carbocycles. The fourth-order valence-electron chi connectivity index (χ4n) is 0.940. The van der Waals surface area contributed by atoms with Gasteiger partial charge in [0.25, 0.3) is 0 Å². The molecule has 12 heavy (non-hydrogen) atoms. The van der Waals surface area contributed by atoms with Crippen LogP contribution in [0.25, 0.3) is 0 Å². The maximum Gasteiger partial charge on any atom is 0.226 e. The van der Waals surface area contributed by atoms with Crippen LogP contribution in [0.15, 0.2) is 0 Å². The Balaban J connectivity index is 4.09. The normalized spacial score (nSPS) is 15.4. The molecular formula is C9H20N2O. The first-order valence-electron chi connectivity index (χ1n) is 4.51. The third-order valence-corrected chi connectivity index (χ3v) is 2.37. The third kappa shape index (κ3) is 2.81. The summed E-state index contributed by atoms with van der Waals surface area (Å²) in [4.78, 5) is 13.3. The van der Waals surface area contributed by atoms with Gasteiger partial charge in [-0.25, -0.2) is 0 Å². The van der Waals surface area contributed by atoms with Crippen molar-refractivity contribution in [1.29, 1.82) is 0 Å². The van der Waals surface area contributed by atoms with Crippen LogP contribution in [-0.4, -0.2) is 30.4 Å². The van der Waals surface area contributed by atoms with E-state index in [9.17, 15) is 4.79 Å². The molecular weight excluding hydrogens is 152 g/mol. The van der Waals surface area contributed by atoms with Gasteiger partial charge < -0.3 is 10.6 Å². The van der Waals surface area contributed by atoms with E-state index in [0.29, 0.717) is 12.6 Å². The highest BCUT2D eigenvalue weighted by atomic mass is 16.2. The van der Waals surface area contributed by atoms with Gasteiger partial charge in [0.05, 0.1) is 0 Å². The average Bonchev–Trinajstić information content (AvgIpc) is 2.12. The predicted molar refractivity (Wildman–Crippen MR) is 50.7 cm³/mol. The molecule has 0 fully saturated rings. The molecule has 0 saturated carbocycles. The first-order valence-corrected chi connectivity index (χ1v) is 4.51. The van der Waals surface area contributed by atoms with Crippen molar-refractivity contribution in [2.45, 2.75) is 33.2 Å². The van der Waals surface area contributed by atoms with Gasteiger partial charge in [0.15, 0.2) is 0 Å². The molecule has 2 N–H and O–H groups in total. The van der Waals surface area contributed by atoms with Gasteiger partial charge in [0.1, 0.15) is 0 Å². The predicted octanol–water partition coefficient (Wildman–Crippen LogP) is 0.838. The quantitative estimate of drug-likeness (QED) is 0.683. The van der Waals surface area contributed by atoms with E-state index < -0.39 is 0 Å². The van der Waals surface area contributed by atoms with Gasteiger partial charge in [-0.15, -0.1) is 0 Å². The SMILES string of the molecule is CCC(C)N(C)C(=O)C(C)CN. The van der Waals surface area contributed by atoms with Crippen LogP contribution in [0.3, 0.4) is 0 Å². The van der Waals surface area contributed by atoms with Crippen LogP contribution < -0.4 is 5.73 Å². The summed E-state index contributed by atoms with van der Waals surface area (Å²) in [6, 6.07) is 0.312. The lowest BCUT2D eigenvalue weighted by Crippen LogP contribution is -2.40. The van der Waals surface area contributed by atoms with Crippen molar-refractivity contribution in [2.75, 3.05) is 13.6 Å². The highest BCUT2D eigenvalue weighted by Crippen LogP contribution is 2.05. The van der Waals surface area contributed by atoms with Crippen LogP contribution in [0.4, 0.5) is 0 Å². The molecule has 2 atom stereocenters. The number of rotatable bonds is 4. The van der Waals surface area contributed by atoms with E-state index in [1.165, 1.54) is 0 Å². The fraction of sp³-hybridized carbons (Fsp3) is 0.889. The lowest BCUT2D eigenvalue weighted by Gasteiger charge is -2.26. The molecule has 0 aliphatic heterocycles. The van der Waals surface area contributed by atoms with Gasteiger partial charge in [-0.3, -0.25) is 4.79 Å².